The van der Waals surface area contributed by atoms with Crippen LogP contribution in [0.5, 0.6) is 5.75 Å². The van der Waals surface area contributed by atoms with Crippen molar-refractivity contribution in [2.24, 2.45) is 0 Å². The lowest BCUT2D eigenvalue weighted by atomic mass is 10.1. The monoisotopic (exact) mass is 559 g/mol. The van der Waals surface area contributed by atoms with Gasteiger partial charge in [0.2, 0.25) is 0 Å². The molecule has 0 unspecified atom stereocenters. The van der Waals surface area contributed by atoms with E-state index in [1.54, 1.807) is 13.8 Å². The maximum absolute atomic E-state index is 13.6. The first-order valence-electron chi connectivity index (χ1n) is 12.9. The zero-order chi connectivity index (χ0) is 28.2. The van der Waals surface area contributed by atoms with Gasteiger partial charge >= 0.3 is 0 Å². The Balaban J connectivity index is 1.75. The fraction of sp³-hybridized carbons (Fsp3) is 0.370. The molecule has 0 aliphatic heterocycles. The van der Waals surface area contributed by atoms with Gasteiger partial charge in [0, 0.05) is 12.5 Å². The third-order valence-electron chi connectivity index (χ3n) is 6.23. The highest BCUT2D eigenvalue weighted by Crippen LogP contribution is 2.31. The van der Waals surface area contributed by atoms with Crippen LogP contribution in [-0.2, 0) is 16.4 Å². The quantitative estimate of drug-likeness (QED) is 0.225. The van der Waals surface area contributed by atoms with Gasteiger partial charge in [0.1, 0.15) is 11.6 Å². The molecule has 0 amide bonds. The second-order valence-electron chi connectivity index (χ2n) is 9.17. The van der Waals surface area contributed by atoms with Crippen LogP contribution < -0.4 is 15.0 Å². The second-order valence-corrected chi connectivity index (χ2v) is 10.8. The molecule has 39 heavy (non-hydrogen) atoms. The number of hydrogen-bond donors (Lipinski definition) is 2. The molecular formula is C27H31F2N5O4S. The molecule has 0 saturated carbocycles. The van der Waals surface area contributed by atoms with E-state index in [1.165, 1.54) is 22.7 Å². The van der Waals surface area contributed by atoms with Crippen LogP contribution in [0.25, 0.3) is 16.9 Å². The molecule has 12 heteroatoms. The molecule has 2 heterocycles. The number of benzene rings is 2. The summed E-state index contributed by atoms with van der Waals surface area (Å²) < 4.78 is 62.6. The van der Waals surface area contributed by atoms with E-state index in [0.29, 0.717) is 29.2 Å². The Labute approximate surface area is 225 Å². The number of rotatable bonds is 12. The number of H-pyrrole nitrogens is 1. The molecule has 0 bridgehead atoms. The van der Waals surface area contributed by atoms with Crippen LogP contribution in [0.1, 0.15) is 57.5 Å². The number of aromatic nitrogens is 4. The maximum Gasteiger partial charge on any atom is 0.277 e. The smallest absolute Gasteiger partial charge is 0.277 e. The average molecular weight is 560 g/mol. The highest BCUT2D eigenvalue weighted by molar-refractivity contribution is 7.92. The molecule has 208 valence electrons. The molecule has 0 aliphatic carbocycles. The number of nitrogens with one attached hydrogen (secondary N) is 2. The molecule has 0 aliphatic rings. The Hall–Kier alpha value is -3.80. The Bertz CT molecular complexity index is 1650. The topological polar surface area (TPSA) is 118 Å². The first-order valence-corrected chi connectivity index (χ1v) is 14.4. The fourth-order valence-electron chi connectivity index (χ4n) is 4.32. The number of halogens is 2. The first kappa shape index (κ1) is 28.2. The van der Waals surface area contributed by atoms with Gasteiger partial charge in [-0.1, -0.05) is 32.6 Å². The predicted molar refractivity (Wildman–Crippen MR) is 145 cm³/mol. The predicted octanol–water partition coefficient (Wildman–Crippen LogP) is 5.38. The van der Waals surface area contributed by atoms with Gasteiger partial charge in [-0.05, 0) is 50.6 Å². The Morgan fingerprint density at radius 2 is 1.79 bits per heavy atom. The molecule has 0 fully saturated rings. The zero-order valence-electron chi connectivity index (χ0n) is 22.1. The first-order chi connectivity index (χ1) is 18.6. The molecule has 4 rings (SSSR count). The van der Waals surface area contributed by atoms with Crippen molar-refractivity contribution in [3.8, 4) is 17.1 Å². The zero-order valence-corrected chi connectivity index (χ0v) is 22.9. The number of anilines is 1. The van der Waals surface area contributed by atoms with Crippen molar-refractivity contribution < 1.29 is 21.9 Å². The van der Waals surface area contributed by atoms with Crippen molar-refractivity contribution in [1.29, 1.82) is 0 Å². The Morgan fingerprint density at radius 3 is 2.51 bits per heavy atom. The van der Waals surface area contributed by atoms with Gasteiger partial charge in [-0.15, -0.1) is 5.10 Å². The second kappa shape index (κ2) is 11.9. The molecular weight excluding hydrogens is 528 g/mol. The van der Waals surface area contributed by atoms with Gasteiger partial charge in [-0.25, -0.2) is 26.7 Å². The van der Waals surface area contributed by atoms with Crippen LogP contribution in [-0.4, -0.2) is 34.6 Å². The number of fused-ring (bicyclic) bond motifs is 1. The maximum atomic E-state index is 13.6. The summed E-state index contributed by atoms with van der Waals surface area (Å²) in [5.74, 6) is -1.22. The van der Waals surface area contributed by atoms with Crippen molar-refractivity contribution in [2.45, 2.75) is 64.2 Å². The number of nitrogens with zero attached hydrogens (tertiary/aromatic N) is 3. The molecule has 2 N–H and O–H groups in total. The van der Waals surface area contributed by atoms with Crippen LogP contribution in [0, 0.1) is 18.6 Å². The van der Waals surface area contributed by atoms with Crippen molar-refractivity contribution in [1.82, 2.24) is 19.6 Å². The van der Waals surface area contributed by atoms with Gasteiger partial charge in [0.05, 0.1) is 28.4 Å². The lowest BCUT2D eigenvalue weighted by molar-refractivity contribution is 0.341. The van der Waals surface area contributed by atoms with E-state index in [-0.39, 0.29) is 28.6 Å². The number of sulfonamides is 1. The Kier molecular flexibility index (Phi) is 8.63. The highest BCUT2D eigenvalue weighted by atomic mass is 32.2. The molecule has 9 nitrogen and oxygen atoms in total. The molecule has 2 aromatic heterocycles. The molecule has 0 radical (unpaired) electrons. The van der Waals surface area contributed by atoms with E-state index in [9.17, 15) is 22.0 Å². The molecule has 0 spiro atoms. The standard InChI is InChI=1S/C27H31F2N5O4S/c1-4-6-7-8-9-10-24-30-17(3)25-27(35)31-26(32-34(24)25)20-16-19(12-14-23(20)38-5-2)39(36,37)33-18-11-13-21(28)22(29)15-18/h11-16,33H,4-10H2,1-3H3,(H,31,32,35). The van der Waals surface area contributed by atoms with Gasteiger partial charge in [0.15, 0.2) is 23.0 Å². The van der Waals surface area contributed by atoms with Crippen molar-refractivity contribution >= 4 is 21.2 Å². The third-order valence-corrected chi connectivity index (χ3v) is 7.61. The summed E-state index contributed by atoms with van der Waals surface area (Å²) in [7, 11) is -4.22. The van der Waals surface area contributed by atoms with Crippen LogP contribution >= 0.6 is 0 Å². The molecule has 2 aromatic carbocycles. The van der Waals surface area contributed by atoms with Crippen molar-refractivity contribution in [2.75, 3.05) is 11.3 Å². The summed E-state index contributed by atoms with van der Waals surface area (Å²) >= 11 is 0. The number of hydrogen-bond acceptors (Lipinski definition) is 6. The number of imidazole rings is 1. The number of unbranched alkanes of at least 4 members (excludes halogenated alkanes) is 4. The SMILES string of the molecule is CCCCCCCc1nc(C)c2c(=O)[nH]c(-c3cc(S(=O)(=O)Nc4ccc(F)c(F)c4)ccc3OCC)nn12. The Morgan fingerprint density at radius 1 is 1.03 bits per heavy atom. The summed E-state index contributed by atoms with van der Waals surface area (Å²) in [5, 5.41) is 4.63. The third kappa shape index (κ3) is 6.27. The lowest BCUT2D eigenvalue weighted by Crippen LogP contribution is -2.17. The highest BCUT2D eigenvalue weighted by Gasteiger charge is 2.21. The van der Waals surface area contributed by atoms with Crippen LogP contribution in [0.3, 0.4) is 0 Å². The number of aryl methyl sites for hydroxylation is 2. The van der Waals surface area contributed by atoms with E-state index in [4.69, 9.17) is 4.74 Å². The summed E-state index contributed by atoms with van der Waals surface area (Å²) in [6.45, 7) is 5.95. The van der Waals surface area contributed by atoms with E-state index in [2.05, 4.69) is 26.7 Å². The molecule has 4 aromatic rings. The van der Waals surface area contributed by atoms with Crippen LogP contribution in [0.2, 0.25) is 0 Å². The van der Waals surface area contributed by atoms with E-state index >= 15 is 0 Å². The number of ether oxygens (including phenoxy) is 1. The van der Waals surface area contributed by atoms with Gasteiger partial charge in [0.25, 0.3) is 15.6 Å². The van der Waals surface area contributed by atoms with Gasteiger partial charge in [-0.3, -0.25) is 9.52 Å². The number of aromatic amines is 1. The van der Waals surface area contributed by atoms with Gasteiger partial charge in [-0.2, -0.15) is 0 Å². The molecule has 0 saturated heterocycles. The van der Waals surface area contributed by atoms with E-state index in [1.807, 2.05) is 0 Å². The van der Waals surface area contributed by atoms with E-state index < -0.39 is 27.2 Å². The minimum absolute atomic E-state index is 0.102. The largest absolute Gasteiger partial charge is 0.493 e. The minimum atomic E-state index is -4.22. The van der Waals surface area contributed by atoms with Crippen molar-refractivity contribution in [3.63, 3.8) is 0 Å². The molecule has 0 atom stereocenters. The normalized spacial score (nSPS) is 11.7. The minimum Gasteiger partial charge on any atom is -0.493 e. The lowest BCUT2D eigenvalue weighted by Gasteiger charge is -2.13. The average Bonchev–Trinajstić information content (AvgIpc) is 3.21. The van der Waals surface area contributed by atoms with Crippen LogP contribution in [0.15, 0.2) is 46.1 Å². The summed E-state index contributed by atoms with van der Waals surface area (Å²) in [5.41, 5.74) is 0.553. The summed E-state index contributed by atoms with van der Waals surface area (Å²) in [6, 6.07) is 6.78. The van der Waals surface area contributed by atoms with E-state index in [0.717, 1.165) is 50.3 Å². The van der Waals surface area contributed by atoms with Crippen molar-refractivity contribution in [3.05, 3.63) is 69.9 Å². The van der Waals surface area contributed by atoms with Gasteiger partial charge < -0.3 is 9.72 Å². The fourth-order valence-corrected chi connectivity index (χ4v) is 5.40. The summed E-state index contributed by atoms with van der Waals surface area (Å²) in [6.07, 6.45) is 6.00. The van der Waals surface area contributed by atoms with Crippen LogP contribution in [0.4, 0.5) is 14.5 Å². The summed E-state index contributed by atoms with van der Waals surface area (Å²) in [4.78, 5) is 20.2.